The number of benzene rings is 1. The largest absolute Gasteiger partial charge is 0.492 e. The van der Waals surface area contributed by atoms with Gasteiger partial charge in [-0.15, -0.1) is 0 Å². The van der Waals surface area contributed by atoms with E-state index in [0.29, 0.717) is 13.2 Å². The quantitative estimate of drug-likeness (QED) is 0.917. The molecule has 2 aromatic rings. The minimum atomic E-state index is -0.111. The van der Waals surface area contributed by atoms with Gasteiger partial charge in [-0.1, -0.05) is 18.2 Å². The molecule has 128 valence electrons. The number of nitrogens with one attached hydrogen (secondary N) is 1. The number of carbonyl (C=O) groups excluding carboxylic acids is 1. The second kappa shape index (κ2) is 7.07. The summed E-state index contributed by atoms with van der Waals surface area (Å²) in [6, 6.07) is 7.93. The Labute approximate surface area is 143 Å². The first kappa shape index (κ1) is 16.6. The van der Waals surface area contributed by atoms with E-state index in [1.807, 2.05) is 35.9 Å². The second-order valence-corrected chi connectivity index (χ2v) is 6.33. The smallest absolute Gasteiger partial charge is 0.226 e. The van der Waals surface area contributed by atoms with Gasteiger partial charge in [0.2, 0.25) is 5.91 Å². The summed E-state index contributed by atoms with van der Waals surface area (Å²) in [6.45, 7) is 8.17. The van der Waals surface area contributed by atoms with E-state index >= 15 is 0 Å². The van der Waals surface area contributed by atoms with E-state index < -0.39 is 0 Å². The fourth-order valence-electron chi connectivity index (χ4n) is 3.36. The molecule has 0 spiro atoms. The molecule has 2 heterocycles. The van der Waals surface area contributed by atoms with Crippen LogP contribution in [-0.2, 0) is 24.2 Å². The molecule has 0 bridgehead atoms. The summed E-state index contributed by atoms with van der Waals surface area (Å²) < 4.78 is 7.72. The third-order valence-corrected chi connectivity index (χ3v) is 4.75. The van der Waals surface area contributed by atoms with Gasteiger partial charge in [-0.3, -0.25) is 9.48 Å². The summed E-state index contributed by atoms with van der Waals surface area (Å²) in [6.07, 6.45) is 1.56. The molecule has 3 rings (SSSR count). The van der Waals surface area contributed by atoms with Gasteiger partial charge in [0.1, 0.15) is 12.4 Å². The Morgan fingerprint density at radius 2 is 2.17 bits per heavy atom. The molecule has 1 N–H and O–H groups in total. The summed E-state index contributed by atoms with van der Waals surface area (Å²) >= 11 is 0. The first-order valence-electron chi connectivity index (χ1n) is 8.61. The number of aryl methyl sites for hydroxylation is 2. The average Bonchev–Trinajstić information content (AvgIpc) is 2.88. The number of rotatable bonds is 5. The highest BCUT2D eigenvalue weighted by Gasteiger charge is 2.25. The lowest BCUT2D eigenvalue weighted by atomic mass is 9.96. The zero-order valence-electron chi connectivity index (χ0n) is 14.6. The number of hydrogen-bond donors (Lipinski definition) is 1. The monoisotopic (exact) mass is 327 g/mol. The van der Waals surface area contributed by atoms with E-state index in [-0.39, 0.29) is 11.8 Å². The van der Waals surface area contributed by atoms with E-state index in [1.165, 1.54) is 11.3 Å². The lowest BCUT2D eigenvalue weighted by molar-refractivity contribution is -0.126. The van der Waals surface area contributed by atoms with E-state index in [0.717, 1.165) is 36.4 Å². The van der Waals surface area contributed by atoms with Crippen molar-refractivity contribution in [3.05, 3.63) is 46.8 Å². The molecular weight excluding hydrogens is 302 g/mol. The number of ether oxygens (including phenoxy) is 1. The molecule has 1 atom stereocenters. The van der Waals surface area contributed by atoms with Crippen LogP contribution in [-0.4, -0.2) is 28.8 Å². The van der Waals surface area contributed by atoms with Gasteiger partial charge in [0.05, 0.1) is 11.6 Å². The first-order chi connectivity index (χ1) is 11.6. The highest BCUT2D eigenvalue weighted by molar-refractivity contribution is 5.79. The Balaban J connectivity index is 1.54. The summed E-state index contributed by atoms with van der Waals surface area (Å²) in [5.41, 5.74) is 4.60. The SMILES string of the molecule is CCn1nc(C)c(CCNC(=O)[C@H]2COc3ccccc3C2)c1C. The molecule has 0 saturated carbocycles. The zero-order chi connectivity index (χ0) is 17.1. The maximum atomic E-state index is 12.4. The predicted octanol–water partition coefficient (Wildman–Crippen LogP) is 2.43. The highest BCUT2D eigenvalue weighted by atomic mass is 16.5. The lowest BCUT2D eigenvalue weighted by Gasteiger charge is -2.24. The van der Waals surface area contributed by atoms with Gasteiger partial charge in [0.25, 0.3) is 0 Å². The topological polar surface area (TPSA) is 56.2 Å². The summed E-state index contributed by atoms with van der Waals surface area (Å²) in [7, 11) is 0. The average molecular weight is 327 g/mol. The molecule has 5 heteroatoms. The number of nitrogens with zero attached hydrogens (tertiary/aromatic N) is 2. The van der Waals surface area contributed by atoms with Crippen molar-refractivity contribution < 1.29 is 9.53 Å². The Morgan fingerprint density at radius 3 is 2.92 bits per heavy atom. The number of amides is 1. The molecule has 24 heavy (non-hydrogen) atoms. The van der Waals surface area contributed by atoms with Crippen LogP contribution in [0.4, 0.5) is 0 Å². The molecule has 0 saturated heterocycles. The minimum Gasteiger partial charge on any atom is -0.492 e. The molecule has 5 nitrogen and oxygen atoms in total. The van der Waals surface area contributed by atoms with Crippen molar-refractivity contribution in [2.24, 2.45) is 5.92 Å². The van der Waals surface area contributed by atoms with Crippen molar-refractivity contribution in [3.63, 3.8) is 0 Å². The lowest BCUT2D eigenvalue weighted by Crippen LogP contribution is -2.38. The van der Waals surface area contributed by atoms with Crippen LogP contribution in [0, 0.1) is 19.8 Å². The molecule has 1 amide bonds. The fraction of sp³-hybridized carbons (Fsp3) is 0.474. The number of carbonyl (C=O) groups is 1. The van der Waals surface area contributed by atoms with Crippen LogP contribution in [0.15, 0.2) is 24.3 Å². The van der Waals surface area contributed by atoms with Crippen LogP contribution < -0.4 is 10.1 Å². The van der Waals surface area contributed by atoms with Crippen LogP contribution in [0.2, 0.25) is 0 Å². The fourth-order valence-corrected chi connectivity index (χ4v) is 3.36. The van der Waals surface area contributed by atoms with Gasteiger partial charge in [-0.25, -0.2) is 0 Å². The van der Waals surface area contributed by atoms with Crippen LogP contribution in [0.3, 0.4) is 0 Å². The van der Waals surface area contributed by atoms with E-state index in [4.69, 9.17) is 4.74 Å². The molecule has 0 aliphatic carbocycles. The molecule has 1 aromatic heterocycles. The third kappa shape index (κ3) is 3.30. The van der Waals surface area contributed by atoms with Crippen molar-refractivity contribution in [2.75, 3.05) is 13.2 Å². The number of aromatic nitrogens is 2. The number of fused-ring (bicyclic) bond motifs is 1. The molecule has 1 aromatic carbocycles. The summed E-state index contributed by atoms with van der Waals surface area (Å²) in [4.78, 5) is 12.4. The van der Waals surface area contributed by atoms with E-state index in [9.17, 15) is 4.79 Å². The first-order valence-corrected chi connectivity index (χ1v) is 8.61. The van der Waals surface area contributed by atoms with Gasteiger partial charge in [-0.05, 0) is 50.8 Å². The van der Waals surface area contributed by atoms with Crippen LogP contribution in [0.1, 0.15) is 29.4 Å². The van der Waals surface area contributed by atoms with Crippen LogP contribution >= 0.6 is 0 Å². The van der Waals surface area contributed by atoms with Crippen molar-refractivity contribution in [1.82, 2.24) is 15.1 Å². The molecule has 1 aliphatic rings. The minimum absolute atomic E-state index is 0.0719. The Kier molecular flexibility index (Phi) is 4.88. The number of hydrogen-bond acceptors (Lipinski definition) is 3. The van der Waals surface area contributed by atoms with Gasteiger partial charge in [0, 0.05) is 18.8 Å². The molecular formula is C19H25N3O2. The predicted molar refractivity (Wildman–Crippen MR) is 93.2 cm³/mol. The Bertz CT molecular complexity index is 736. The zero-order valence-corrected chi connectivity index (χ0v) is 14.6. The molecule has 0 radical (unpaired) electrons. The molecule has 0 unspecified atom stereocenters. The van der Waals surface area contributed by atoms with E-state index in [2.05, 4.69) is 24.3 Å². The maximum Gasteiger partial charge on any atom is 0.226 e. The van der Waals surface area contributed by atoms with Gasteiger partial charge in [-0.2, -0.15) is 5.10 Å². The van der Waals surface area contributed by atoms with Gasteiger partial charge >= 0.3 is 0 Å². The molecule has 1 aliphatic heterocycles. The maximum absolute atomic E-state index is 12.4. The number of para-hydroxylation sites is 1. The highest BCUT2D eigenvalue weighted by Crippen LogP contribution is 2.26. The standard InChI is InChI=1S/C19H25N3O2/c1-4-22-14(3)17(13(2)21-22)9-10-20-19(23)16-11-15-7-5-6-8-18(15)24-12-16/h5-8,16H,4,9-12H2,1-3H3,(H,20,23)/t16-/m1/s1. The molecule has 0 fully saturated rings. The third-order valence-electron chi connectivity index (χ3n) is 4.75. The van der Waals surface area contributed by atoms with Gasteiger partial charge < -0.3 is 10.1 Å². The van der Waals surface area contributed by atoms with Gasteiger partial charge in [0.15, 0.2) is 0 Å². The normalized spacial score (nSPS) is 16.4. The Morgan fingerprint density at radius 1 is 1.38 bits per heavy atom. The van der Waals surface area contributed by atoms with Crippen molar-refractivity contribution in [1.29, 1.82) is 0 Å². The van der Waals surface area contributed by atoms with Crippen molar-refractivity contribution >= 4 is 5.91 Å². The summed E-state index contributed by atoms with van der Waals surface area (Å²) in [5, 5.41) is 7.58. The van der Waals surface area contributed by atoms with Crippen molar-refractivity contribution in [3.8, 4) is 5.75 Å². The Hall–Kier alpha value is -2.30. The summed E-state index contributed by atoms with van der Waals surface area (Å²) in [5.74, 6) is 0.864. The van der Waals surface area contributed by atoms with E-state index in [1.54, 1.807) is 0 Å². The second-order valence-electron chi connectivity index (χ2n) is 6.33. The van der Waals surface area contributed by atoms with Crippen LogP contribution in [0.5, 0.6) is 5.75 Å². The van der Waals surface area contributed by atoms with Crippen molar-refractivity contribution in [2.45, 2.75) is 40.2 Å². The van der Waals surface area contributed by atoms with Crippen LogP contribution in [0.25, 0.3) is 0 Å².